The molecule has 0 fully saturated rings. The summed E-state index contributed by atoms with van der Waals surface area (Å²) >= 11 is 0. The number of furan rings is 1. The number of benzene rings is 9. The second-order valence-electron chi connectivity index (χ2n) is 16.8. The molecule has 284 valence electrons. The van der Waals surface area contributed by atoms with Crippen molar-refractivity contribution in [1.29, 1.82) is 0 Å². The number of rotatable bonds is 6. The summed E-state index contributed by atoms with van der Waals surface area (Å²) in [4.78, 5) is 2.48. The fourth-order valence-corrected chi connectivity index (χ4v) is 10.7. The van der Waals surface area contributed by atoms with Crippen LogP contribution in [0.3, 0.4) is 0 Å². The monoisotopic (exact) mass is 767 g/mol. The van der Waals surface area contributed by atoms with Crippen LogP contribution in [-0.4, -0.2) is 0 Å². The van der Waals surface area contributed by atoms with Crippen LogP contribution in [-0.2, 0) is 10.8 Å². The smallest absolute Gasteiger partial charge is 0.137 e. The van der Waals surface area contributed by atoms with Gasteiger partial charge in [-0.3, -0.25) is 0 Å². The average molecular weight is 768 g/mol. The van der Waals surface area contributed by atoms with Gasteiger partial charge in [0, 0.05) is 39.2 Å². The van der Waals surface area contributed by atoms with Crippen LogP contribution in [0.25, 0.3) is 55.3 Å². The van der Waals surface area contributed by atoms with Crippen LogP contribution in [0.5, 0.6) is 0 Å². The Morgan fingerprint density at radius 2 is 0.967 bits per heavy atom. The Bertz CT molecular complexity index is 3250. The van der Waals surface area contributed by atoms with Crippen molar-refractivity contribution < 1.29 is 4.42 Å². The van der Waals surface area contributed by atoms with Gasteiger partial charge in [-0.05, 0) is 97.6 Å². The topological polar surface area (TPSA) is 16.4 Å². The zero-order valence-corrected chi connectivity index (χ0v) is 33.6. The standard InChI is InChI=1S/C58H41NO/c1-57(2)48-35-33-41(36-47(48)55-43(26-16-28-50(55)57)38-18-6-3-7-19-38)59(42-32-34-45-44-24-13-15-31-53(44)60-54(45)37-42)52-30-17-29-51-56(52)46-25-12-14-27-49(46)58(51,39-20-8-4-9-21-39)40-22-10-5-11-23-40/h3-37H,1-2H3. The van der Waals surface area contributed by atoms with Crippen LogP contribution in [0.15, 0.2) is 217 Å². The summed E-state index contributed by atoms with van der Waals surface area (Å²) in [7, 11) is 0. The van der Waals surface area contributed by atoms with Crippen molar-refractivity contribution in [1.82, 2.24) is 0 Å². The lowest BCUT2D eigenvalue weighted by Gasteiger charge is -2.34. The van der Waals surface area contributed by atoms with Gasteiger partial charge in [-0.25, -0.2) is 0 Å². The molecule has 0 unspecified atom stereocenters. The number of anilines is 3. The fourth-order valence-electron chi connectivity index (χ4n) is 10.7. The molecule has 2 aliphatic carbocycles. The lowest BCUT2D eigenvalue weighted by atomic mass is 9.68. The van der Waals surface area contributed by atoms with Gasteiger partial charge >= 0.3 is 0 Å². The third-order valence-corrected chi connectivity index (χ3v) is 13.3. The molecule has 2 heteroatoms. The molecule has 0 saturated carbocycles. The van der Waals surface area contributed by atoms with Crippen molar-refractivity contribution in [3.63, 3.8) is 0 Å². The number of fused-ring (bicyclic) bond motifs is 9. The molecule has 0 spiro atoms. The molecule has 60 heavy (non-hydrogen) atoms. The van der Waals surface area contributed by atoms with Gasteiger partial charge in [-0.2, -0.15) is 0 Å². The number of hydrogen-bond acceptors (Lipinski definition) is 2. The van der Waals surface area contributed by atoms with Crippen molar-refractivity contribution in [2.75, 3.05) is 4.90 Å². The van der Waals surface area contributed by atoms with E-state index in [-0.39, 0.29) is 5.41 Å². The summed E-state index contributed by atoms with van der Waals surface area (Å²) in [5.74, 6) is 0. The minimum atomic E-state index is -0.524. The quantitative estimate of drug-likeness (QED) is 0.168. The lowest BCUT2D eigenvalue weighted by Crippen LogP contribution is -2.28. The number of para-hydroxylation sites is 1. The highest BCUT2D eigenvalue weighted by molar-refractivity contribution is 6.07. The van der Waals surface area contributed by atoms with Crippen molar-refractivity contribution in [3.8, 4) is 33.4 Å². The third kappa shape index (κ3) is 4.82. The molecule has 2 aliphatic rings. The Morgan fingerprint density at radius 1 is 0.383 bits per heavy atom. The van der Waals surface area contributed by atoms with Gasteiger partial charge in [0.05, 0.1) is 11.1 Å². The molecule has 0 N–H and O–H groups in total. The summed E-state index contributed by atoms with van der Waals surface area (Å²) < 4.78 is 6.60. The van der Waals surface area contributed by atoms with Gasteiger partial charge in [-0.15, -0.1) is 0 Å². The Balaban J connectivity index is 1.16. The molecule has 1 aromatic heterocycles. The van der Waals surface area contributed by atoms with Crippen molar-refractivity contribution in [2.45, 2.75) is 24.7 Å². The molecule has 0 bridgehead atoms. The summed E-state index contributed by atoms with van der Waals surface area (Å²) in [5.41, 5.74) is 19.6. The van der Waals surface area contributed by atoms with Gasteiger partial charge in [0.2, 0.25) is 0 Å². The molecule has 0 amide bonds. The lowest BCUT2D eigenvalue weighted by molar-refractivity contribution is 0.660. The predicted octanol–water partition coefficient (Wildman–Crippen LogP) is 15.4. The molecular weight excluding hydrogens is 727 g/mol. The van der Waals surface area contributed by atoms with E-state index in [0.717, 1.165) is 39.0 Å². The first-order chi connectivity index (χ1) is 29.5. The Hall–Kier alpha value is -7.42. The highest BCUT2D eigenvalue weighted by Gasteiger charge is 2.47. The zero-order chi connectivity index (χ0) is 40.0. The average Bonchev–Trinajstić information content (AvgIpc) is 3.91. The predicted molar refractivity (Wildman–Crippen MR) is 249 cm³/mol. The van der Waals surface area contributed by atoms with Gasteiger partial charge in [0.1, 0.15) is 11.2 Å². The first-order valence-electron chi connectivity index (χ1n) is 20.9. The van der Waals surface area contributed by atoms with E-state index < -0.39 is 5.41 Å². The maximum atomic E-state index is 6.60. The minimum absolute atomic E-state index is 0.163. The molecule has 0 radical (unpaired) electrons. The minimum Gasteiger partial charge on any atom is -0.456 e. The molecule has 10 aromatic rings. The Morgan fingerprint density at radius 3 is 1.75 bits per heavy atom. The van der Waals surface area contributed by atoms with E-state index >= 15 is 0 Å². The molecule has 1 heterocycles. The molecular formula is C58H41NO. The fraction of sp³-hybridized carbons (Fsp3) is 0.0690. The van der Waals surface area contributed by atoms with E-state index in [1.165, 1.54) is 66.8 Å². The maximum Gasteiger partial charge on any atom is 0.137 e. The molecule has 9 aromatic carbocycles. The molecule has 0 atom stereocenters. The van der Waals surface area contributed by atoms with E-state index in [1.807, 2.05) is 6.07 Å². The summed E-state index contributed by atoms with van der Waals surface area (Å²) in [6, 6.07) is 78.0. The van der Waals surface area contributed by atoms with Crippen LogP contribution >= 0.6 is 0 Å². The zero-order valence-electron chi connectivity index (χ0n) is 33.6. The van der Waals surface area contributed by atoms with Gasteiger partial charge in [0.25, 0.3) is 0 Å². The maximum absolute atomic E-state index is 6.60. The van der Waals surface area contributed by atoms with E-state index in [2.05, 4.69) is 225 Å². The number of hydrogen-bond donors (Lipinski definition) is 0. The highest BCUT2D eigenvalue weighted by atomic mass is 16.3. The van der Waals surface area contributed by atoms with Crippen LogP contribution in [0, 0.1) is 0 Å². The van der Waals surface area contributed by atoms with Crippen molar-refractivity contribution in [3.05, 3.63) is 246 Å². The first kappa shape index (κ1) is 34.6. The van der Waals surface area contributed by atoms with Gasteiger partial charge in [0.15, 0.2) is 0 Å². The molecule has 2 nitrogen and oxygen atoms in total. The normalized spacial score (nSPS) is 14.1. The van der Waals surface area contributed by atoms with Crippen LogP contribution in [0.2, 0.25) is 0 Å². The Kier molecular flexibility index (Phi) is 7.52. The van der Waals surface area contributed by atoms with Crippen molar-refractivity contribution >= 4 is 39.0 Å². The van der Waals surface area contributed by atoms with Crippen LogP contribution in [0.4, 0.5) is 17.1 Å². The van der Waals surface area contributed by atoms with Gasteiger partial charge < -0.3 is 9.32 Å². The molecule has 0 aliphatic heterocycles. The second kappa shape index (κ2) is 13.0. The SMILES string of the molecule is CC1(C)c2ccc(N(c3ccc4c(c3)oc3ccccc34)c3cccc4c3-c3ccccc3C4(c3ccccc3)c3ccccc3)cc2-c2c(-c3ccccc3)cccc21. The number of nitrogens with zero attached hydrogens (tertiary/aromatic N) is 1. The molecule has 12 rings (SSSR count). The summed E-state index contributed by atoms with van der Waals surface area (Å²) in [6.45, 7) is 4.74. The third-order valence-electron chi connectivity index (χ3n) is 13.3. The largest absolute Gasteiger partial charge is 0.456 e. The molecule has 0 saturated heterocycles. The Labute approximate surface area is 350 Å². The second-order valence-corrected chi connectivity index (χ2v) is 16.8. The van der Waals surface area contributed by atoms with E-state index in [0.29, 0.717) is 0 Å². The van der Waals surface area contributed by atoms with E-state index in [9.17, 15) is 0 Å². The summed E-state index contributed by atoms with van der Waals surface area (Å²) in [5, 5.41) is 2.24. The van der Waals surface area contributed by atoms with Crippen LogP contribution < -0.4 is 4.90 Å². The first-order valence-corrected chi connectivity index (χ1v) is 20.9. The van der Waals surface area contributed by atoms with E-state index in [4.69, 9.17) is 4.42 Å². The summed E-state index contributed by atoms with van der Waals surface area (Å²) in [6.07, 6.45) is 0. The van der Waals surface area contributed by atoms with E-state index in [1.54, 1.807) is 0 Å². The highest BCUT2D eigenvalue weighted by Crippen LogP contribution is 2.60. The van der Waals surface area contributed by atoms with Crippen molar-refractivity contribution in [2.24, 2.45) is 0 Å². The van der Waals surface area contributed by atoms with Gasteiger partial charge in [-0.1, -0.05) is 184 Å². The van der Waals surface area contributed by atoms with Crippen LogP contribution in [0.1, 0.15) is 47.2 Å².